The molecule has 0 aromatic carbocycles. The predicted molar refractivity (Wildman–Crippen MR) is 64.5 cm³/mol. The number of rotatable bonds is 4. The first-order valence-corrected chi connectivity index (χ1v) is 5.72. The van der Waals surface area contributed by atoms with Crippen molar-refractivity contribution in [3.8, 4) is 0 Å². The first-order chi connectivity index (χ1) is 7.04. The first-order valence-electron chi connectivity index (χ1n) is 5.34. The molecule has 0 aliphatic carbocycles. The molecule has 1 rings (SSSR count). The van der Waals surface area contributed by atoms with E-state index in [9.17, 15) is 0 Å². The standard InChI is InChI=1S/C11H18ClN3/c1-5-6-9-14-10(12)8(4)11(15-9)13-7(2)3/h7H,5-6H2,1-4H3,(H,13,14,15). The van der Waals surface area contributed by atoms with Crippen molar-refractivity contribution in [3.63, 3.8) is 0 Å². The summed E-state index contributed by atoms with van der Waals surface area (Å²) in [5.41, 5.74) is 0.921. The van der Waals surface area contributed by atoms with Crippen LogP contribution in [-0.2, 0) is 6.42 Å². The number of nitrogens with zero attached hydrogens (tertiary/aromatic N) is 2. The molecule has 0 bridgehead atoms. The molecule has 1 heterocycles. The Bertz CT molecular complexity index is 337. The van der Waals surface area contributed by atoms with Gasteiger partial charge in [0, 0.05) is 18.0 Å². The van der Waals surface area contributed by atoms with Crippen LogP contribution in [0.2, 0.25) is 5.15 Å². The minimum absolute atomic E-state index is 0.351. The largest absolute Gasteiger partial charge is 0.368 e. The summed E-state index contributed by atoms with van der Waals surface area (Å²) in [6.07, 6.45) is 1.90. The molecule has 0 saturated heterocycles. The van der Waals surface area contributed by atoms with Crippen molar-refractivity contribution in [1.82, 2.24) is 9.97 Å². The first kappa shape index (κ1) is 12.2. The van der Waals surface area contributed by atoms with Gasteiger partial charge in [-0.25, -0.2) is 9.97 Å². The number of aryl methyl sites for hydroxylation is 1. The molecule has 0 aliphatic rings. The fourth-order valence-electron chi connectivity index (χ4n) is 1.28. The lowest BCUT2D eigenvalue weighted by Crippen LogP contribution is -2.14. The van der Waals surface area contributed by atoms with Crippen LogP contribution in [-0.4, -0.2) is 16.0 Å². The van der Waals surface area contributed by atoms with Crippen molar-refractivity contribution >= 4 is 17.4 Å². The third kappa shape index (κ3) is 3.34. The lowest BCUT2D eigenvalue weighted by Gasteiger charge is -2.13. The highest BCUT2D eigenvalue weighted by Crippen LogP contribution is 2.20. The Labute approximate surface area is 96.3 Å². The van der Waals surface area contributed by atoms with Crippen LogP contribution in [0.25, 0.3) is 0 Å². The van der Waals surface area contributed by atoms with Crippen molar-refractivity contribution in [2.24, 2.45) is 0 Å². The van der Waals surface area contributed by atoms with Crippen LogP contribution >= 0.6 is 11.6 Å². The van der Waals surface area contributed by atoms with E-state index in [0.717, 1.165) is 30.0 Å². The fourth-order valence-corrected chi connectivity index (χ4v) is 1.47. The Balaban J connectivity index is 3.01. The number of halogens is 1. The molecule has 0 atom stereocenters. The molecule has 0 radical (unpaired) electrons. The van der Waals surface area contributed by atoms with E-state index < -0.39 is 0 Å². The molecule has 1 N–H and O–H groups in total. The summed E-state index contributed by atoms with van der Waals surface area (Å²) < 4.78 is 0. The van der Waals surface area contributed by atoms with E-state index in [1.54, 1.807) is 0 Å². The van der Waals surface area contributed by atoms with Gasteiger partial charge in [-0.3, -0.25) is 0 Å². The lowest BCUT2D eigenvalue weighted by atomic mass is 10.2. The maximum absolute atomic E-state index is 6.05. The van der Waals surface area contributed by atoms with Crippen molar-refractivity contribution in [2.75, 3.05) is 5.32 Å². The van der Waals surface area contributed by atoms with Crippen LogP contribution in [0.5, 0.6) is 0 Å². The monoisotopic (exact) mass is 227 g/mol. The second-order valence-electron chi connectivity index (χ2n) is 3.95. The van der Waals surface area contributed by atoms with Crippen LogP contribution in [0.3, 0.4) is 0 Å². The molecule has 4 heteroatoms. The average Bonchev–Trinajstić information content (AvgIpc) is 2.13. The summed E-state index contributed by atoms with van der Waals surface area (Å²) in [4.78, 5) is 8.70. The van der Waals surface area contributed by atoms with Gasteiger partial charge in [0.15, 0.2) is 0 Å². The maximum Gasteiger partial charge on any atom is 0.137 e. The van der Waals surface area contributed by atoms with Crippen molar-refractivity contribution < 1.29 is 0 Å². The predicted octanol–water partition coefficient (Wildman–Crippen LogP) is 3.21. The molecular weight excluding hydrogens is 210 g/mol. The number of nitrogens with one attached hydrogen (secondary N) is 1. The number of hydrogen-bond donors (Lipinski definition) is 1. The Morgan fingerprint density at radius 2 is 2.00 bits per heavy atom. The minimum atomic E-state index is 0.351. The van der Waals surface area contributed by atoms with Gasteiger partial charge in [-0.1, -0.05) is 18.5 Å². The lowest BCUT2D eigenvalue weighted by molar-refractivity contribution is 0.817. The normalized spacial score (nSPS) is 10.8. The molecular formula is C11H18ClN3. The van der Waals surface area contributed by atoms with Crippen LogP contribution in [0.15, 0.2) is 0 Å². The van der Waals surface area contributed by atoms with Gasteiger partial charge in [-0.05, 0) is 27.2 Å². The summed E-state index contributed by atoms with van der Waals surface area (Å²) in [6, 6.07) is 0.351. The Kier molecular flexibility index (Phi) is 4.33. The molecule has 0 fully saturated rings. The zero-order valence-corrected chi connectivity index (χ0v) is 10.5. The van der Waals surface area contributed by atoms with Crippen molar-refractivity contribution in [2.45, 2.75) is 46.6 Å². The third-order valence-corrected chi connectivity index (χ3v) is 2.40. The molecule has 1 aromatic heterocycles. The molecule has 0 unspecified atom stereocenters. The molecule has 0 amide bonds. The van der Waals surface area contributed by atoms with E-state index in [-0.39, 0.29) is 0 Å². The summed E-state index contributed by atoms with van der Waals surface area (Å²) in [5.74, 6) is 1.67. The quantitative estimate of drug-likeness (QED) is 0.803. The number of aromatic nitrogens is 2. The fraction of sp³-hybridized carbons (Fsp3) is 0.636. The topological polar surface area (TPSA) is 37.8 Å². The van der Waals surface area contributed by atoms with Crippen LogP contribution in [0.4, 0.5) is 5.82 Å². The van der Waals surface area contributed by atoms with Gasteiger partial charge in [0.05, 0.1) is 0 Å². The van der Waals surface area contributed by atoms with Crippen LogP contribution in [0.1, 0.15) is 38.6 Å². The smallest absolute Gasteiger partial charge is 0.137 e. The van der Waals surface area contributed by atoms with Gasteiger partial charge in [0.25, 0.3) is 0 Å². The Hall–Kier alpha value is -0.830. The zero-order chi connectivity index (χ0) is 11.4. The van der Waals surface area contributed by atoms with E-state index in [2.05, 4.69) is 36.1 Å². The van der Waals surface area contributed by atoms with E-state index in [1.807, 2.05) is 6.92 Å². The van der Waals surface area contributed by atoms with Crippen molar-refractivity contribution in [3.05, 3.63) is 16.5 Å². The van der Waals surface area contributed by atoms with Gasteiger partial charge < -0.3 is 5.32 Å². The Morgan fingerprint density at radius 1 is 1.33 bits per heavy atom. The molecule has 84 valence electrons. The second-order valence-corrected chi connectivity index (χ2v) is 4.31. The highest BCUT2D eigenvalue weighted by molar-refractivity contribution is 6.30. The van der Waals surface area contributed by atoms with Gasteiger partial charge in [-0.2, -0.15) is 0 Å². The SMILES string of the molecule is CCCc1nc(Cl)c(C)c(NC(C)C)n1. The highest BCUT2D eigenvalue weighted by Gasteiger charge is 2.09. The maximum atomic E-state index is 6.05. The summed E-state index contributed by atoms with van der Waals surface area (Å²) >= 11 is 6.05. The zero-order valence-electron chi connectivity index (χ0n) is 9.76. The molecule has 15 heavy (non-hydrogen) atoms. The van der Waals surface area contributed by atoms with Gasteiger partial charge in [0.2, 0.25) is 0 Å². The second kappa shape index (κ2) is 5.31. The molecule has 3 nitrogen and oxygen atoms in total. The van der Waals surface area contributed by atoms with Gasteiger partial charge in [0.1, 0.15) is 16.8 Å². The number of hydrogen-bond acceptors (Lipinski definition) is 3. The van der Waals surface area contributed by atoms with Gasteiger partial charge in [-0.15, -0.1) is 0 Å². The van der Waals surface area contributed by atoms with Crippen LogP contribution in [0, 0.1) is 6.92 Å². The summed E-state index contributed by atoms with van der Waals surface area (Å²) in [6.45, 7) is 8.19. The molecule has 0 spiro atoms. The number of anilines is 1. The Morgan fingerprint density at radius 3 is 2.53 bits per heavy atom. The highest BCUT2D eigenvalue weighted by atomic mass is 35.5. The minimum Gasteiger partial charge on any atom is -0.368 e. The molecule has 0 saturated carbocycles. The van der Waals surface area contributed by atoms with E-state index in [1.165, 1.54) is 0 Å². The summed E-state index contributed by atoms with van der Waals surface area (Å²) in [5, 5.41) is 3.83. The summed E-state index contributed by atoms with van der Waals surface area (Å²) in [7, 11) is 0. The van der Waals surface area contributed by atoms with Gasteiger partial charge >= 0.3 is 0 Å². The van der Waals surface area contributed by atoms with E-state index >= 15 is 0 Å². The third-order valence-electron chi connectivity index (χ3n) is 2.03. The van der Waals surface area contributed by atoms with E-state index in [0.29, 0.717) is 11.2 Å². The molecule has 1 aromatic rings. The van der Waals surface area contributed by atoms with Crippen molar-refractivity contribution in [1.29, 1.82) is 0 Å². The van der Waals surface area contributed by atoms with Crippen LogP contribution < -0.4 is 5.32 Å². The average molecular weight is 228 g/mol. The molecule has 0 aliphatic heterocycles. The van der Waals surface area contributed by atoms with E-state index in [4.69, 9.17) is 11.6 Å².